The van der Waals surface area contributed by atoms with Crippen LogP contribution in [0.2, 0.25) is 5.02 Å². The number of hydrogen-bond donors (Lipinski definition) is 2. The van der Waals surface area contributed by atoms with Crippen LogP contribution in [-0.4, -0.2) is 69.1 Å². The van der Waals surface area contributed by atoms with E-state index in [0.29, 0.717) is 50.7 Å². The van der Waals surface area contributed by atoms with Crippen LogP contribution < -0.4 is 15.5 Å². The molecule has 1 aromatic carbocycles. The average Bonchev–Trinajstić information content (AvgIpc) is 3.35. The van der Waals surface area contributed by atoms with Gasteiger partial charge in [0.1, 0.15) is 23.1 Å². The second-order valence-corrected chi connectivity index (χ2v) is 10.4. The summed E-state index contributed by atoms with van der Waals surface area (Å²) in [7, 11) is 2.10. The molecule has 0 radical (unpaired) electrons. The first kappa shape index (κ1) is 24.8. The quantitative estimate of drug-likeness (QED) is 0.396. The van der Waals surface area contributed by atoms with Gasteiger partial charge in [-0.3, -0.25) is 4.79 Å². The van der Waals surface area contributed by atoms with Gasteiger partial charge in [-0.1, -0.05) is 37.5 Å². The number of hydrogen-bond acceptors (Lipinski definition) is 10. The minimum absolute atomic E-state index is 0.221. The lowest BCUT2D eigenvalue weighted by atomic mass is 9.93. The van der Waals surface area contributed by atoms with Crippen molar-refractivity contribution >= 4 is 51.8 Å². The summed E-state index contributed by atoms with van der Waals surface area (Å²) in [6, 6.07) is 6.66. The third kappa shape index (κ3) is 5.47. The van der Waals surface area contributed by atoms with Gasteiger partial charge in [-0.05, 0) is 25.2 Å². The average molecular weight is 522 g/mol. The minimum atomic E-state index is -0.347. The Bertz CT molecular complexity index is 1440. The fourth-order valence-corrected chi connectivity index (χ4v) is 4.03. The number of benzene rings is 1. The van der Waals surface area contributed by atoms with Crippen LogP contribution in [0, 0.1) is 0 Å². The number of aromatic nitrogens is 5. The van der Waals surface area contributed by atoms with Gasteiger partial charge in [0, 0.05) is 43.2 Å². The molecular formula is C25H28ClN9O2. The van der Waals surface area contributed by atoms with E-state index in [-0.39, 0.29) is 11.3 Å². The second kappa shape index (κ2) is 9.91. The standard InChI is InChI=1S/C25H28ClN9O2/c1-25(2,3)19-12-20(33-37-19)31-23(36)15-5-6-16(26)17(11-15)30-22-21-18(28-14-29-22)13-27-24(32-21)35-9-7-34(4)8-10-35/h5-6,11-14H,7-10H2,1-4H3,(H,28,29,30)(H,31,33,36). The van der Waals surface area contributed by atoms with Crippen LogP contribution in [0.15, 0.2) is 41.3 Å². The van der Waals surface area contributed by atoms with E-state index >= 15 is 0 Å². The molecule has 0 spiro atoms. The number of piperazine rings is 1. The first-order chi connectivity index (χ1) is 17.7. The number of fused-ring (bicyclic) bond motifs is 1. The van der Waals surface area contributed by atoms with Gasteiger partial charge in [0.25, 0.3) is 5.91 Å². The largest absolute Gasteiger partial charge is 0.359 e. The lowest BCUT2D eigenvalue weighted by molar-refractivity contribution is 0.102. The van der Waals surface area contributed by atoms with Gasteiger partial charge in [-0.25, -0.2) is 19.9 Å². The van der Waals surface area contributed by atoms with Gasteiger partial charge >= 0.3 is 0 Å². The van der Waals surface area contributed by atoms with E-state index in [2.05, 4.69) is 47.6 Å². The van der Waals surface area contributed by atoms with Crippen molar-refractivity contribution in [1.29, 1.82) is 0 Å². The van der Waals surface area contributed by atoms with Gasteiger partial charge in [0.2, 0.25) is 5.95 Å². The smallest absolute Gasteiger partial charge is 0.256 e. The zero-order chi connectivity index (χ0) is 26.2. The van der Waals surface area contributed by atoms with Crippen molar-refractivity contribution < 1.29 is 9.32 Å². The summed E-state index contributed by atoms with van der Waals surface area (Å²) in [6.07, 6.45) is 3.13. The summed E-state index contributed by atoms with van der Waals surface area (Å²) in [6.45, 7) is 9.57. The predicted octanol–water partition coefficient (Wildman–Crippen LogP) is 4.11. The summed E-state index contributed by atoms with van der Waals surface area (Å²) in [5.74, 6) is 1.76. The molecule has 0 atom stereocenters. The summed E-state index contributed by atoms with van der Waals surface area (Å²) in [5, 5.41) is 10.4. The molecule has 0 saturated carbocycles. The summed E-state index contributed by atoms with van der Waals surface area (Å²) in [5.41, 5.74) is 1.83. The number of nitrogens with one attached hydrogen (secondary N) is 2. The number of anilines is 4. The maximum atomic E-state index is 12.9. The van der Waals surface area contributed by atoms with E-state index in [0.717, 1.165) is 26.2 Å². The number of likely N-dealkylation sites (N-methyl/N-ethyl adjacent to an activating group) is 1. The monoisotopic (exact) mass is 521 g/mol. The van der Waals surface area contributed by atoms with E-state index < -0.39 is 0 Å². The predicted molar refractivity (Wildman–Crippen MR) is 143 cm³/mol. The van der Waals surface area contributed by atoms with E-state index in [1.807, 2.05) is 20.8 Å². The summed E-state index contributed by atoms with van der Waals surface area (Å²) in [4.78, 5) is 35.3. The highest BCUT2D eigenvalue weighted by molar-refractivity contribution is 6.33. The number of rotatable bonds is 5. The molecular weight excluding hydrogens is 494 g/mol. The van der Waals surface area contributed by atoms with E-state index in [9.17, 15) is 4.79 Å². The lowest BCUT2D eigenvalue weighted by Crippen LogP contribution is -2.45. The van der Waals surface area contributed by atoms with Crippen LogP contribution in [-0.2, 0) is 5.41 Å². The number of amides is 1. The molecule has 5 rings (SSSR count). The van der Waals surface area contributed by atoms with E-state index in [4.69, 9.17) is 21.1 Å². The van der Waals surface area contributed by atoms with Crippen molar-refractivity contribution in [3.63, 3.8) is 0 Å². The zero-order valence-corrected chi connectivity index (χ0v) is 21.9. The van der Waals surface area contributed by atoms with Crippen molar-refractivity contribution in [2.45, 2.75) is 26.2 Å². The van der Waals surface area contributed by atoms with Crippen LogP contribution in [0.5, 0.6) is 0 Å². The molecule has 1 amide bonds. The molecule has 1 aliphatic heterocycles. The van der Waals surface area contributed by atoms with E-state index in [1.165, 1.54) is 6.33 Å². The molecule has 2 N–H and O–H groups in total. The van der Waals surface area contributed by atoms with Gasteiger partial charge in [0.15, 0.2) is 11.6 Å². The SMILES string of the molecule is CN1CCN(c2ncc3ncnc(Nc4cc(C(=O)Nc5cc(C(C)(C)C)on5)ccc4Cl)c3n2)CC1. The first-order valence-electron chi connectivity index (χ1n) is 11.9. The van der Waals surface area contributed by atoms with Crippen LogP contribution in [0.1, 0.15) is 36.9 Å². The van der Waals surface area contributed by atoms with Crippen molar-refractivity contribution in [3.05, 3.63) is 53.1 Å². The molecule has 4 aromatic rings. The number of nitrogens with zero attached hydrogens (tertiary/aromatic N) is 7. The number of halogens is 1. The van der Waals surface area contributed by atoms with E-state index in [1.54, 1.807) is 30.5 Å². The Morgan fingerprint density at radius 2 is 1.86 bits per heavy atom. The van der Waals surface area contributed by atoms with Gasteiger partial charge in [-0.2, -0.15) is 0 Å². The van der Waals surface area contributed by atoms with Gasteiger partial charge in [0.05, 0.1) is 16.9 Å². The van der Waals surface area contributed by atoms with Gasteiger partial charge < -0.3 is 25.0 Å². The Morgan fingerprint density at radius 1 is 1.08 bits per heavy atom. The fourth-order valence-electron chi connectivity index (χ4n) is 3.86. The Hall–Kier alpha value is -3.83. The molecule has 12 heteroatoms. The third-order valence-electron chi connectivity index (χ3n) is 6.12. The lowest BCUT2D eigenvalue weighted by Gasteiger charge is -2.32. The zero-order valence-electron chi connectivity index (χ0n) is 21.1. The molecule has 11 nitrogen and oxygen atoms in total. The molecule has 0 aliphatic carbocycles. The topological polar surface area (TPSA) is 125 Å². The second-order valence-electron chi connectivity index (χ2n) is 10.0. The van der Waals surface area contributed by atoms with Crippen LogP contribution in [0.25, 0.3) is 11.0 Å². The van der Waals surface area contributed by atoms with Crippen LogP contribution in [0.4, 0.5) is 23.3 Å². The molecule has 3 aromatic heterocycles. The highest BCUT2D eigenvalue weighted by atomic mass is 35.5. The van der Waals surface area contributed by atoms with Crippen molar-refractivity contribution in [3.8, 4) is 0 Å². The Balaban J connectivity index is 1.39. The van der Waals surface area contributed by atoms with Crippen molar-refractivity contribution in [2.75, 3.05) is 48.8 Å². The van der Waals surface area contributed by atoms with Gasteiger partial charge in [-0.15, -0.1) is 0 Å². The molecule has 37 heavy (non-hydrogen) atoms. The number of carbonyl (C=O) groups is 1. The normalized spacial score (nSPS) is 14.7. The van der Waals surface area contributed by atoms with Crippen LogP contribution in [0.3, 0.4) is 0 Å². The molecule has 1 aliphatic rings. The molecule has 192 valence electrons. The fraction of sp³-hybridized carbons (Fsp3) is 0.360. The third-order valence-corrected chi connectivity index (χ3v) is 6.45. The van der Waals surface area contributed by atoms with Crippen molar-refractivity contribution in [1.82, 2.24) is 30.0 Å². The Kier molecular flexibility index (Phi) is 6.65. The molecule has 1 saturated heterocycles. The summed E-state index contributed by atoms with van der Waals surface area (Å²) < 4.78 is 5.36. The minimum Gasteiger partial charge on any atom is -0.359 e. The number of carbonyl (C=O) groups excluding carboxylic acids is 1. The Morgan fingerprint density at radius 3 is 2.59 bits per heavy atom. The summed E-state index contributed by atoms with van der Waals surface area (Å²) >= 11 is 6.47. The maximum absolute atomic E-state index is 12.9. The highest BCUT2D eigenvalue weighted by Gasteiger charge is 2.21. The Labute approximate surface area is 219 Å². The molecule has 1 fully saturated rings. The molecule has 4 heterocycles. The van der Waals surface area contributed by atoms with Crippen LogP contribution >= 0.6 is 11.6 Å². The maximum Gasteiger partial charge on any atom is 0.256 e. The molecule has 0 bridgehead atoms. The van der Waals surface area contributed by atoms with Crippen molar-refractivity contribution in [2.24, 2.45) is 0 Å². The molecule has 0 unspecified atom stereocenters. The first-order valence-corrected chi connectivity index (χ1v) is 12.3. The highest BCUT2D eigenvalue weighted by Crippen LogP contribution is 2.30.